The summed E-state index contributed by atoms with van der Waals surface area (Å²) >= 11 is 0. The van der Waals surface area contributed by atoms with Crippen molar-refractivity contribution in [2.75, 3.05) is 0 Å². The largest absolute Gasteiger partial charge is 0.328 e. The lowest BCUT2D eigenvalue weighted by Gasteiger charge is -2.02. The predicted molar refractivity (Wildman–Crippen MR) is 65.1 cm³/mol. The van der Waals surface area contributed by atoms with Crippen molar-refractivity contribution in [2.24, 2.45) is 0 Å². The van der Waals surface area contributed by atoms with Crippen LogP contribution in [0.5, 0.6) is 0 Å². The Morgan fingerprint density at radius 1 is 1.22 bits per heavy atom. The number of halogens is 1. The van der Waals surface area contributed by atoms with Crippen LogP contribution in [0, 0.1) is 5.82 Å². The number of Topliss-reactive ketones (excluding diaryl/α,β-unsaturated/α-hetero) is 1. The summed E-state index contributed by atoms with van der Waals surface area (Å²) in [6.45, 7) is 2.23. The molecule has 0 amide bonds. The number of aryl methyl sites for hydroxylation is 1. The van der Waals surface area contributed by atoms with Crippen molar-refractivity contribution in [3.8, 4) is 0 Å². The van der Waals surface area contributed by atoms with Gasteiger partial charge in [-0.1, -0.05) is 12.1 Å². The molecule has 1 aromatic heterocycles. The lowest BCUT2D eigenvalue weighted by molar-refractivity contribution is 0.0966. The van der Waals surface area contributed by atoms with Crippen LogP contribution in [0.25, 0.3) is 0 Å². The topological polar surface area (TPSA) is 44.0 Å². The first-order chi connectivity index (χ1) is 8.63. The Balaban J connectivity index is 2.25. The van der Waals surface area contributed by atoms with Crippen LogP contribution in [0.2, 0.25) is 0 Å². The predicted octanol–water partition coefficient (Wildman–Crippen LogP) is 1.69. The van der Waals surface area contributed by atoms with Gasteiger partial charge in [0.1, 0.15) is 5.82 Å². The third kappa shape index (κ3) is 2.25. The van der Waals surface area contributed by atoms with E-state index in [4.69, 9.17) is 0 Å². The minimum atomic E-state index is -0.564. The molecular weight excluding hydrogens is 235 g/mol. The summed E-state index contributed by atoms with van der Waals surface area (Å²) in [4.78, 5) is 23.6. The quantitative estimate of drug-likeness (QED) is 0.773. The average molecular weight is 248 g/mol. The summed E-state index contributed by atoms with van der Waals surface area (Å²) in [7, 11) is 0. The highest BCUT2D eigenvalue weighted by molar-refractivity contribution is 5.96. The van der Waals surface area contributed by atoms with Gasteiger partial charge in [-0.3, -0.25) is 13.9 Å². The number of carbonyl (C=O) groups is 1. The number of benzene rings is 1. The van der Waals surface area contributed by atoms with Gasteiger partial charge < -0.3 is 0 Å². The summed E-state index contributed by atoms with van der Waals surface area (Å²) in [6.07, 6.45) is 3.14. The lowest BCUT2D eigenvalue weighted by atomic mass is 10.1. The molecule has 0 aliphatic heterocycles. The van der Waals surface area contributed by atoms with Crippen LogP contribution in [-0.4, -0.2) is 14.9 Å². The highest BCUT2D eigenvalue weighted by atomic mass is 19.1. The van der Waals surface area contributed by atoms with E-state index in [1.165, 1.54) is 33.5 Å². The van der Waals surface area contributed by atoms with Crippen LogP contribution < -0.4 is 5.69 Å². The zero-order chi connectivity index (χ0) is 13.1. The first kappa shape index (κ1) is 12.3. The molecule has 0 spiro atoms. The highest BCUT2D eigenvalue weighted by Gasteiger charge is 2.13. The fraction of sp³-hybridized carbons (Fsp3) is 0.231. The maximum absolute atomic E-state index is 13.4. The summed E-state index contributed by atoms with van der Waals surface area (Å²) in [6, 6.07) is 5.76. The van der Waals surface area contributed by atoms with Gasteiger partial charge in [-0.2, -0.15) is 0 Å². The van der Waals surface area contributed by atoms with Crippen LogP contribution in [0.1, 0.15) is 17.3 Å². The van der Waals surface area contributed by atoms with Crippen molar-refractivity contribution in [3.63, 3.8) is 0 Å². The van der Waals surface area contributed by atoms with Crippen molar-refractivity contribution < 1.29 is 9.18 Å². The Morgan fingerprint density at radius 3 is 2.50 bits per heavy atom. The van der Waals surface area contributed by atoms with Gasteiger partial charge in [-0.25, -0.2) is 9.18 Å². The van der Waals surface area contributed by atoms with Crippen molar-refractivity contribution in [1.82, 2.24) is 9.13 Å². The van der Waals surface area contributed by atoms with Gasteiger partial charge in [0.15, 0.2) is 5.78 Å². The summed E-state index contributed by atoms with van der Waals surface area (Å²) < 4.78 is 16.2. The van der Waals surface area contributed by atoms with Crippen LogP contribution in [0.15, 0.2) is 41.5 Å². The number of aromatic nitrogens is 2. The Labute approximate surface area is 103 Å². The second kappa shape index (κ2) is 5.00. The van der Waals surface area contributed by atoms with E-state index in [1.807, 2.05) is 6.92 Å². The highest BCUT2D eigenvalue weighted by Crippen LogP contribution is 2.07. The van der Waals surface area contributed by atoms with Gasteiger partial charge in [-0.05, 0) is 19.1 Å². The Kier molecular flexibility index (Phi) is 3.41. The maximum Gasteiger partial charge on any atom is 0.328 e. The molecular formula is C13H13FN2O2. The number of nitrogens with zero attached hydrogens (tertiary/aromatic N) is 2. The second-order valence-corrected chi connectivity index (χ2v) is 3.90. The summed E-state index contributed by atoms with van der Waals surface area (Å²) in [5.41, 5.74) is -0.254. The number of imidazole rings is 1. The molecule has 5 heteroatoms. The molecule has 1 heterocycles. The van der Waals surface area contributed by atoms with Gasteiger partial charge in [0, 0.05) is 18.9 Å². The minimum Gasteiger partial charge on any atom is -0.300 e. The summed E-state index contributed by atoms with van der Waals surface area (Å²) in [5, 5.41) is 0. The van der Waals surface area contributed by atoms with Gasteiger partial charge in [0.2, 0.25) is 0 Å². The van der Waals surface area contributed by atoms with Crippen molar-refractivity contribution in [3.05, 3.63) is 58.5 Å². The molecule has 2 aromatic rings. The van der Waals surface area contributed by atoms with Gasteiger partial charge in [-0.15, -0.1) is 0 Å². The third-order valence-corrected chi connectivity index (χ3v) is 2.75. The van der Waals surface area contributed by atoms with Gasteiger partial charge in [0.05, 0.1) is 12.1 Å². The zero-order valence-corrected chi connectivity index (χ0v) is 9.97. The molecule has 4 nitrogen and oxygen atoms in total. The van der Waals surface area contributed by atoms with Gasteiger partial charge in [0.25, 0.3) is 0 Å². The molecule has 2 rings (SSSR count). The monoisotopic (exact) mass is 248 g/mol. The minimum absolute atomic E-state index is 0.00801. The van der Waals surface area contributed by atoms with E-state index in [0.717, 1.165) is 0 Å². The van der Waals surface area contributed by atoms with E-state index in [0.29, 0.717) is 6.54 Å². The molecule has 0 fully saturated rings. The molecule has 1 aromatic carbocycles. The molecule has 0 saturated heterocycles. The Bertz CT molecular complexity index is 628. The van der Waals surface area contributed by atoms with Crippen molar-refractivity contribution >= 4 is 5.78 Å². The molecule has 0 saturated carbocycles. The third-order valence-electron chi connectivity index (χ3n) is 2.75. The van der Waals surface area contributed by atoms with Gasteiger partial charge >= 0.3 is 5.69 Å². The zero-order valence-electron chi connectivity index (χ0n) is 9.97. The molecule has 0 bridgehead atoms. The van der Waals surface area contributed by atoms with Crippen molar-refractivity contribution in [1.29, 1.82) is 0 Å². The van der Waals surface area contributed by atoms with Crippen LogP contribution in [0.4, 0.5) is 4.39 Å². The lowest BCUT2D eigenvalue weighted by Crippen LogP contribution is -2.26. The van der Waals surface area contributed by atoms with Crippen LogP contribution in [-0.2, 0) is 13.1 Å². The molecule has 0 unspecified atom stereocenters. The Morgan fingerprint density at radius 2 is 1.89 bits per heavy atom. The SMILES string of the molecule is CCn1ccn(CC(=O)c2ccccc2F)c1=O. The standard InChI is InChI=1S/C13H13FN2O2/c1-2-15-7-8-16(13(15)18)9-12(17)10-5-3-4-6-11(10)14/h3-8H,2,9H2,1H3. The molecule has 0 N–H and O–H groups in total. The summed E-state index contributed by atoms with van der Waals surface area (Å²) in [5.74, 6) is -0.977. The molecule has 94 valence electrons. The second-order valence-electron chi connectivity index (χ2n) is 3.90. The van der Waals surface area contributed by atoms with E-state index in [9.17, 15) is 14.0 Å². The van der Waals surface area contributed by atoms with E-state index in [-0.39, 0.29) is 17.8 Å². The molecule has 18 heavy (non-hydrogen) atoms. The number of carbonyl (C=O) groups excluding carboxylic acids is 1. The van der Waals surface area contributed by atoms with E-state index >= 15 is 0 Å². The maximum atomic E-state index is 13.4. The molecule has 0 aliphatic carbocycles. The van der Waals surface area contributed by atoms with E-state index in [2.05, 4.69) is 0 Å². The van der Waals surface area contributed by atoms with Crippen LogP contribution in [0.3, 0.4) is 0 Å². The molecule has 0 radical (unpaired) electrons. The van der Waals surface area contributed by atoms with Crippen LogP contribution >= 0.6 is 0 Å². The number of hydrogen-bond acceptors (Lipinski definition) is 2. The normalized spacial score (nSPS) is 10.6. The first-order valence-electron chi connectivity index (χ1n) is 5.66. The smallest absolute Gasteiger partial charge is 0.300 e. The number of ketones is 1. The fourth-order valence-corrected chi connectivity index (χ4v) is 1.74. The number of hydrogen-bond donors (Lipinski definition) is 0. The fourth-order valence-electron chi connectivity index (χ4n) is 1.74. The Hall–Kier alpha value is -2.17. The average Bonchev–Trinajstić information content (AvgIpc) is 2.71. The van der Waals surface area contributed by atoms with Crippen molar-refractivity contribution in [2.45, 2.75) is 20.0 Å². The van der Waals surface area contributed by atoms with E-state index in [1.54, 1.807) is 12.3 Å². The molecule has 0 aliphatic rings. The molecule has 0 atom stereocenters. The number of rotatable bonds is 4. The first-order valence-corrected chi connectivity index (χ1v) is 5.66. The van der Waals surface area contributed by atoms with E-state index < -0.39 is 11.6 Å².